The first-order valence-corrected chi connectivity index (χ1v) is 11.9. The fourth-order valence-electron chi connectivity index (χ4n) is 4.14. The summed E-state index contributed by atoms with van der Waals surface area (Å²) in [4.78, 5) is 23.6. The van der Waals surface area contributed by atoms with Gasteiger partial charge in [0, 0.05) is 30.4 Å². The number of nitrogens with one attached hydrogen (secondary N) is 2. The van der Waals surface area contributed by atoms with Crippen LogP contribution in [0.4, 0.5) is 17.3 Å². The summed E-state index contributed by atoms with van der Waals surface area (Å²) in [6.45, 7) is 6.28. The highest BCUT2D eigenvalue weighted by Crippen LogP contribution is 2.39. The molecule has 0 saturated carbocycles. The van der Waals surface area contributed by atoms with Gasteiger partial charge in [0.05, 0.1) is 27.2 Å². The lowest BCUT2D eigenvalue weighted by molar-refractivity contribution is 0.0985. The molecule has 2 aromatic carbocycles. The number of carbonyl (C=O) groups is 1. The molecule has 0 atom stereocenters. The lowest BCUT2D eigenvalue weighted by atomic mass is 9.79. The molecule has 0 fully saturated rings. The quantitative estimate of drug-likeness (QED) is 0.469. The number of hydrogen-bond acceptors (Lipinski definition) is 6. The number of para-hydroxylation sites is 1. The van der Waals surface area contributed by atoms with E-state index in [1.165, 1.54) is 22.9 Å². The average molecular weight is 486 g/mol. The van der Waals surface area contributed by atoms with E-state index in [1.54, 1.807) is 29.3 Å². The number of fused-ring (bicyclic) bond motifs is 2. The Hall–Kier alpha value is -2.32. The molecule has 0 bridgehead atoms. The third-order valence-corrected chi connectivity index (χ3v) is 7.32. The van der Waals surface area contributed by atoms with Crippen LogP contribution >= 0.6 is 35.0 Å². The number of thioether (sulfide) groups is 1. The Morgan fingerprint density at radius 3 is 2.75 bits per heavy atom. The molecular formula is C23H21Cl2N5OS. The van der Waals surface area contributed by atoms with Gasteiger partial charge in [-0.15, -0.1) is 0 Å². The van der Waals surface area contributed by atoms with E-state index >= 15 is 0 Å². The van der Waals surface area contributed by atoms with Gasteiger partial charge in [0.15, 0.2) is 0 Å². The number of anilines is 3. The van der Waals surface area contributed by atoms with Crippen molar-refractivity contribution in [3.05, 3.63) is 69.3 Å². The van der Waals surface area contributed by atoms with Crippen LogP contribution in [-0.2, 0) is 12.0 Å². The first-order chi connectivity index (χ1) is 15.3. The van der Waals surface area contributed by atoms with Crippen molar-refractivity contribution in [3.63, 3.8) is 0 Å². The fraction of sp³-hybridized carbons (Fsp3) is 0.261. The van der Waals surface area contributed by atoms with E-state index in [1.807, 2.05) is 6.07 Å². The van der Waals surface area contributed by atoms with E-state index in [0.29, 0.717) is 38.1 Å². The Bertz CT molecular complexity index is 1210. The minimum Gasteiger partial charge on any atom is -0.324 e. The van der Waals surface area contributed by atoms with Gasteiger partial charge in [-0.3, -0.25) is 9.69 Å². The standard InChI is InChI=1S/C23H21Cl2N5OS/c1-23(2)11-26-9-13-8-14(6-7-16(13)23)28-22-27-10-15-20(29-22)32-12-30(21(15)31)19-17(24)4-3-5-18(19)25/h3-8,10,26H,9,11-12H2,1-2H3,(H,27,28,29). The van der Waals surface area contributed by atoms with Gasteiger partial charge in [0.25, 0.3) is 5.91 Å². The van der Waals surface area contributed by atoms with Gasteiger partial charge >= 0.3 is 0 Å². The molecule has 3 heterocycles. The van der Waals surface area contributed by atoms with Crippen LogP contribution in [0.15, 0.2) is 47.6 Å². The first kappa shape index (κ1) is 21.5. The van der Waals surface area contributed by atoms with Crippen molar-refractivity contribution in [1.82, 2.24) is 15.3 Å². The van der Waals surface area contributed by atoms with E-state index in [0.717, 1.165) is 18.8 Å². The number of aromatic nitrogens is 2. The molecule has 0 radical (unpaired) electrons. The van der Waals surface area contributed by atoms with Gasteiger partial charge in [-0.05, 0) is 35.4 Å². The Balaban J connectivity index is 1.40. The summed E-state index contributed by atoms with van der Waals surface area (Å²) in [6, 6.07) is 11.5. The van der Waals surface area contributed by atoms with Crippen LogP contribution in [-0.4, -0.2) is 28.3 Å². The molecule has 1 aromatic heterocycles. The van der Waals surface area contributed by atoms with Gasteiger partial charge < -0.3 is 10.6 Å². The minimum atomic E-state index is -0.220. The molecule has 5 rings (SSSR count). The second kappa shape index (κ2) is 8.23. The molecule has 1 amide bonds. The number of amides is 1. The molecule has 2 N–H and O–H groups in total. The predicted octanol–water partition coefficient (Wildman–Crippen LogP) is 5.62. The van der Waals surface area contributed by atoms with E-state index in [9.17, 15) is 4.79 Å². The van der Waals surface area contributed by atoms with Gasteiger partial charge in [0.2, 0.25) is 5.95 Å². The Morgan fingerprint density at radius 2 is 1.97 bits per heavy atom. The highest BCUT2D eigenvalue weighted by Gasteiger charge is 2.31. The largest absolute Gasteiger partial charge is 0.324 e. The van der Waals surface area contributed by atoms with Gasteiger partial charge in [0.1, 0.15) is 5.03 Å². The molecule has 32 heavy (non-hydrogen) atoms. The predicted molar refractivity (Wildman–Crippen MR) is 130 cm³/mol. The van der Waals surface area contributed by atoms with Crippen molar-refractivity contribution in [2.24, 2.45) is 0 Å². The average Bonchev–Trinajstić information content (AvgIpc) is 2.75. The fourth-order valence-corrected chi connectivity index (χ4v) is 5.68. The smallest absolute Gasteiger partial charge is 0.263 e. The monoisotopic (exact) mass is 485 g/mol. The van der Waals surface area contributed by atoms with Gasteiger partial charge in [-0.1, -0.05) is 60.9 Å². The molecular weight excluding hydrogens is 465 g/mol. The van der Waals surface area contributed by atoms with Gasteiger partial charge in [-0.2, -0.15) is 0 Å². The number of rotatable bonds is 3. The van der Waals surface area contributed by atoms with Crippen molar-refractivity contribution in [1.29, 1.82) is 0 Å². The molecule has 6 nitrogen and oxygen atoms in total. The Morgan fingerprint density at radius 1 is 1.19 bits per heavy atom. The second-order valence-corrected chi connectivity index (χ2v) is 10.2. The first-order valence-electron chi connectivity index (χ1n) is 10.2. The molecule has 3 aromatic rings. The summed E-state index contributed by atoms with van der Waals surface area (Å²) in [5, 5.41) is 8.24. The van der Waals surface area contributed by atoms with Crippen molar-refractivity contribution in [3.8, 4) is 0 Å². The van der Waals surface area contributed by atoms with Crippen LogP contribution in [0.2, 0.25) is 10.0 Å². The van der Waals surface area contributed by atoms with Crippen LogP contribution in [0.5, 0.6) is 0 Å². The maximum atomic E-state index is 13.1. The summed E-state index contributed by atoms with van der Waals surface area (Å²) < 4.78 is 0. The van der Waals surface area contributed by atoms with Crippen molar-refractivity contribution >= 4 is 58.2 Å². The second-order valence-electron chi connectivity index (χ2n) is 8.47. The summed E-state index contributed by atoms with van der Waals surface area (Å²) in [6.07, 6.45) is 1.56. The summed E-state index contributed by atoms with van der Waals surface area (Å²) in [5.41, 5.74) is 4.57. The van der Waals surface area contributed by atoms with E-state index in [4.69, 9.17) is 23.2 Å². The van der Waals surface area contributed by atoms with E-state index in [2.05, 4.69) is 46.6 Å². The topological polar surface area (TPSA) is 70.2 Å². The third-order valence-electron chi connectivity index (χ3n) is 5.74. The molecule has 0 saturated heterocycles. The molecule has 0 unspecified atom stereocenters. The zero-order chi connectivity index (χ0) is 22.5. The zero-order valence-corrected chi connectivity index (χ0v) is 19.9. The maximum Gasteiger partial charge on any atom is 0.263 e. The van der Waals surface area contributed by atoms with Crippen molar-refractivity contribution < 1.29 is 4.79 Å². The molecule has 2 aliphatic heterocycles. The number of benzene rings is 2. The lowest BCUT2D eigenvalue weighted by Crippen LogP contribution is -2.38. The van der Waals surface area contributed by atoms with Crippen molar-refractivity contribution in [2.45, 2.75) is 30.8 Å². The normalized spacial score (nSPS) is 17.0. The number of carbonyl (C=O) groups excluding carboxylic acids is 1. The van der Waals surface area contributed by atoms with Crippen LogP contribution < -0.4 is 15.5 Å². The van der Waals surface area contributed by atoms with Crippen LogP contribution in [0.1, 0.15) is 35.3 Å². The number of hydrogen-bond donors (Lipinski definition) is 2. The summed E-state index contributed by atoms with van der Waals surface area (Å²) >= 11 is 14.1. The Kier molecular flexibility index (Phi) is 5.53. The zero-order valence-electron chi connectivity index (χ0n) is 17.6. The highest BCUT2D eigenvalue weighted by atomic mass is 35.5. The van der Waals surface area contributed by atoms with Crippen LogP contribution in [0, 0.1) is 0 Å². The molecule has 9 heteroatoms. The van der Waals surface area contributed by atoms with E-state index in [-0.39, 0.29) is 11.3 Å². The van der Waals surface area contributed by atoms with Crippen LogP contribution in [0.3, 0.4) is 0 Å². The van der Waals surface area contributed by atoms with E-state index < -0.39 is 0 Å². The van der Waals surface area contributed by atoms with Crippen molar-refractivity contribution in [2.75, 3.05) is 22.6 Å². The summed E-state index contributed by atoms with van der Waals surface area (Å²) in [7, 11) is 0. The van der Waals surface area contributed by atoms with Gasteiger partial charge in [-0.25, -0.2) is 9.97 Å². The molecule has 0 aliphatic carbocycles. The number of nitrogens with zero attached hydrogens (tertiary/aromatic N) is 3. The third kappa shape index (κ3) is 3.83. The lowest BCUT2D eigenvalue weighted by Gasteiger charge is -2.33. The minimum absolute atomic E-state index is 0.0991. The molecule has 0 spiro atoms. The summed E-state index contributed by atoms with van der Waals surface area (Å²) in [5.74, 6) is 0.601. The Labute approximate surface area is 200 Å². The molecule has 164 valence electrons. The highest BCUT2D eigenvalue weighted by molar-refractivity contribution is 7.99. The maximum absolute atomic E-state index is 13.1. The number of halogens is 2. The molecule has 2 aliphatic rings. The SMILES string of the molecule is CC1(C)CNCc2cc(Nc3ncc4c(n3)SCN(c3c(Cl)cccc3Cl)C4=O)ccc21. The van der Waals surface area contributed by atoms with Crippen LogP contribution in [0.25, 0.3) is 0 Å².